The SMILES string of the molecule is OC1CC2CCC(C1)N2CC1Cc2cc(Br)ccc2O1. The van der Waals surface area contributed by atoms with Crippen molar-refractivity contribution < 1.29 is 9.84 Å². The molecule has 3 aliphatic heterocycles. The highest BCUT2D eigenvalue weighted by Crippen LogP contribution is 2.38. The molecule has 2 fully saturated rings. The van der Waals surface area contributed by atoms with E-state index >= 15 is 0 Å². The minimum Gasteiger partial charge on any atom is -0.488 e. The number of nitrogens with zero attached hydrogens (tertiary/aromatic N) is 1. The van der Waals surface area contributed by atoms with E-state index in [4.69, 9.17) is 4.74 Å². The number of hydrogen-bond donors (Lipinski definition) is 1. The molecule has 0 spiro atoms. The topological polar surface area (TPSA) is 32.7 Å². The van der Waals surface area contributed by atoms with Crippen molar-refractivity contribution in [1.29, 1.82) is 0 Å². The second kappa shape index (κ2) is 5.00. The van der Waals surface area contributed by atoms with Crippen LogP contribution in [0.2, 0.25) is 0 Å². The standard InChI is InChI=1S/C16H20BrNO2/c17-11-1-4-16-10(5-11)6-15(20-16)9-18-12-2-3-13(18)8-14(19)7-12/h1,4-5,12-15,19H,2-3,6-9H2. The highest BCUT2D eigenvalue weighted by molar-refractivity contribution is 9.10. The summed E-state index contributed by atoms with van der Waals surface area (Å²) in [6.07, 6.45) is 5.58. The lowest BCUT2D eigenvalue weighted by Gasteiger charge is -2.38. The Kier molecular flexibility index (Phi) is 3.28. The van der Waals surface area contributed by atoms with Crippen LogP contribution in [-0.2, 0) is 6.42 Å². The molecule has 0 aromatic heterocycles. The highest BCUT2D eigenvalue weighted by Gasteiger charge is 2.41. The summed E-state index contributed by atoms with van der Waals surface area (Å²) >= 11 is 3.53. The number of piperidine rings is 1. The third-order valence-corrected chi connectivity index (χ3v) is 5.53. The first kappa shape index (κ1) is 13.1. The summed E-state index contributed by atoms with van der Waals surface area (Å²) in [6, 6.07) is 7.42. The summed E-state index contributed by atoms with van der Waals surface area (Å²) < 4.78 is 7.22. The molecule has 0 amide bonds. The van der Waals surface area contributed by atoms with Crippen molar-refractivity contribution in [3.05, 3.63) is 28.2 Å². The van der Waals surface area contributed by atoms with Crippen LogP contribution in [0.4, 0.5) is 0 Å². The molecule has 2 bridgehead atoms. The minimum atomic E-state index is -0.0820. The van der Waals surface area contributed by atoms with Crippen molar-refractivity contribution in [3.8, 4) is 5.75 Å². The first-order valence-electron chi connectivity index (χ1n) is 7.58. The van der Waals surface area contributed by atoms with E-state index in [1.165, 1.54) is 18.4 Å². The first-order valence-corrected chi connectivity index (χ1v) is 8.37. The molecule has 3 unspecified atom stereocenters. The summed E-state index contributed by atoms with van der Waals surface area (Å²) in [5, 5.41) is 9.88. The van der Waals surface area contributed by atoms with E-state index in [1.54, 1.807) is 0 Å². The van der Waals surface area contributed by atoms with Crippen LogP contribution in [0.3, 0.4) is 0 Å². The molecule has 3 atom stereocenters. The Morgan fingerprint density at radius 1 is 1.25 bits per heavy atom. The molecular formula is C16H20BrNO2. The van der Waals surface area contributed by atoms with Gasteiger partial charge in [0, 0.05) is 29.5 Å². The molecule has 1 N–H and O–H groups in total. The van der Waals surface area contributed by atoms with Gasteiger partial charge in [0.2, 0.25) is 0 Å². The van der Waals surface area contributed by atoms with E-state index in [0.717, 1.165) is 36.0 Å². The lowest BCUT2D eigenvalue weighted by atomic mass is 9.99. The smallest absolute Gasteiger partial charge is 0.123 e. The van der Waals surface area contributed by atoms with Gasteiger partial charge in [0.25, 0.3) is 0 Å². The Balaban J connectivity index is 1.44. The third kappa shape index (κ3) is 2.28. The zero-order valence-electron chi connectivity index (χ0n) is 11.5. The van der Waals surface area contributed by atoms with Gasteiger partial charge in [-0.1, -0.05) is 15.9 Å². The van der Waals surface area contributed by atoms with Gasteiger partial charge in [-0.2, -0.15) is 0 Å². The van der Waals surface area contributed by atoms with Gasteiger partial charge in [0.05, 0.1) is 6.10 Å². The van der Waals surface area contributed by atoms with Crippen molar-refractivity contribution in [2.75, 3.05) is 6.54 Å². The molecule has 0 saturated carbocycles. The monoisotopic (exact) mass is 337 g/mol. The summed E-state index contributed by atoms with van der Waals surface area (Å²) in [6.45, 7) is 1.01. The highest BCUT2D eigenvalue weighted by atomic mass is 79.9. The maximum absolute atomic E-state index is 9.88. The average Bonchev–Trinajstić information content (AvgIpc) is 2.89. The van der Waals surface area contributed by atoms with Crippen LogP contribution >= 0.6 is 15.9 Å². The summed E-state index contributed by atoms with van der Waals surface area (Å²) in [5.41, 5.74) is 1.31. The number of hydrogen-bond acceptors (Lipinski definition) is 3. The molecule has 1 aromatic carbocycles. The Hall–Kier alpha value is -0.580. The number of ether oxygens (including phenoxy) is 1. The molecule has 4 heteroatoms. The zero-order chi connectivity index (χ0) is 13.7. The predicted octanol–water partition coefficient (Wildman–Crippen LogP) is 2.74. The molecule has 0 radical (unpaired) electrons. The second-order valence-electron chi connectivity index (χ2n) is 6.40. The normalized spacial score (nSPS) is 35.9. The van der Waals surface area contributed by atoms with Crippen molar-refractivity contribution in [2.24, 2.45) is 0 Å². The Labute approximate surface area is 128 Å². The van der Waals surface area contributed by atoms with Crippen LogP contribution in [0.1, 0.15) is 31.2 Å². The molecule has 3 nitrogen and oxygen atoms in total. The van der Waals surface area contributed by atoms with Gasteiger partial charge >= 0.3 is 0 Å². The lowest BCUT2D eigenvalue weighted by molar-refractivity contribution is 0.0171. The Morgan fingerprint density at radius 3 is 2.75 bits per heavy atom. The fraction of sp³-hybridized carbons (Fsp3) is 0.625. The Morgan fingerprint density at radius 2 is 2.00 bits per heavy atom. The average molecular weight is 338 g/mol. The summed E-state index contributed by atoms with van der Waals surface area (Å²) in [7, 11) is 0. The largest absolute Gasteiger partial charge is 0.488 e. The zero-order valence-corrected chi connectivity index (χ0v) is 13.1. The van der Waals surface area contributed by atoms with Crippen molar-refractivity contribution in [3.63, 3.8) is 0 Å². The molecule has 20 heavy (non-hydrogen) atoms. The maximum atomic E-state index is 9.88. The molecule has 108 valence electrons. The van der Waals surface area contributed by atoms with Crippen molar-refractivity contribution >= 4 is 15.9 Å². The summed E-state index contributed by atoms with van der Waals surface area (Å²) in [5.74, 6) is 1.04. The molecule has 1 aromatic rings. The van der Waals surface area contributed by atoms with Crippen LogP contribution in [0.25, 0.3) is 0 Å². The number of benzene rings is 1. The van der Waals surface area contributed by atoms with Gasteiger partial charge < -0.3 is 9.84 Å². The van der Waals surface area contributed by atoms with E-state index in [0.29, 0.717) is 12.1 Å². The number of halogens is 1. The number of aliphatic hydroxyl groups is 1. The molecule has 3 aliphatic rings. The second-order valence-corrected chi connectivity index (χ2v) is 7.32. The van der Waals surface area contributed by atoms with Gasteiger partial charge in [0.15, 0.2) is 0 Å². The predicted molar refractivity (Wildman–Crippen MR) is 81.0 cm³/mol. The van der Waals surface area contributed by atoms with Gasteiger partial charge in [0.1, 0.15) is 11.9 Å². The molecule has 3 heterocycles. The van der Waals surface area contributed by atoms with Crippen LogP contribution < -0.4 is 4.74 Å². The van der Waals surface area contributed by atoms with E-state index < -0.39 is 0 Å². The number of aliphatic hydroxyl groups excluding tert-OH is 1. The van der Waals surface area contributed by atoms with Crippen molar-refractivity contribution in [1.82, 2.24) is 4.90 Å². The quantitative estimate of drug-likeness (QED) is 0.900. The van der Waals surface area contributed by atoms with Crippen molar-refractivity contribution in [2.45, 2.75) is 56.4 Å². The number of fused-ring (bicyclic) bond motifs is 3. The fourth-order valence-corrected chi connectivity index (χ4v) is 4.58. The molecule has 0 aliphatic carbocycles. The van der Waals surface area contributed by atoms with Crippen LogP contribution in [-0.4, -0.2) is 40.8 Å². The third-order valence-electron chi connectivity index (χ3n) is 5.04. The fourth-order valence-electron chi connectivity index (χ4n) is 4.17. The van der Waals surface area contributed by atoms with Crippen LogP contribution in [0.5, 0.6) is 5.75 Å². The number of rotatable bonds is 2. The van der Waals surface area contributed by atoms with Crippen LogP contribution in [0, 0.1) is 0 Å². The van der Waals surface area contributed by atoms with Gasteiger partial charge in [-0.25, -0.2) is 0 Å². The van der Waals surface area contributed by atoms with E-state index in [-0.39, 0.29) is 12.2 Å². The molecule has 4 rings (SSSR count). The van der Waals surface area contributed by atoms with E-state index in [2.05, 4.69) is 33.0 Å². The molecular weight excluding hydrogens is 318 g/mol. The van der Waals surface area contributed by atoms with Gasteiger partial charge in [-0.3, -0.25) is 4.90 Å². The lowest BCUT2D eigenvalue weighted by Crippen LogP contribution is -2.48. The summed E-state index contributed by atoms with van der Waals surface area (Å²) in [4.78, 5) is 2.60. The maximum Gasteiger partial charge on any atom is 0.123 e. The Bertz CT molecular complexity index is 507. The van der Waals surface area contributed by atoms with Gasteiger partial charge in [-0.15, -0.1) is 0 Å². The first-order chi connectivity index (χ1) is 9.69. The molecule has 2 saturated heterocycles. The van der Waals surface area contributed by atoms with Crippen LogP contribution in [0.15, 0.2) is 22.7 Å². The van der Waals surface area contributed by atoms with E-state index in [1.807, 2.05) is 6.07 Å². The minimum absolute atomic E-state index is 0.0820. The van der Waals surface area contributed by atoms with Gasteiger partial charge in [-0.05, 0) is 49.4 Å². The van der Waals surface area contributed by atoms with E-state index in [9.17, 15) is 5.11 Å².